The topological polar surface area (TPSA) is 183 Å². The quantitative estimate of drug-likeness (QED) is 0.260. The molecule has 0 heterocycles. The lowest BCUT2D eigenvalue weighted by Gasteiger charge is -2.16. The van der Waals surface area contributed by atoms with Gasteiger partial charge < -0.3 is 26.6 Å². The standard InChI is InChI=1S/C10H17N3O6S.CHN/c11-5(10(18)19)1-2-7(14)13-6(4-20)9(17)12-3-8(15)16;1-2/h5-6,20H,1-4,11H2,(H,12,17)(H,13,14)(H,15,16)(H,18,19);1H. The van der Waals surface area contributed by atoms with Crippen LogP contribution in [0.3, 0.4) is 0 Å². The van der Waals surface area contributed by atoms with Crippen LogP contribution in [-0.2, 0) is 19.2 Å². The van der Waals surface area contributed by atoms with Gasteiger partial charge in [-0.25, -0.2) is 5.26 Å². The summed E-state index contributed by atoms with van der Waals surface area (Å²) >= 11 is 3.87. The van der Waals surface area contributed by atoms with E-state index in [9.17, 15) is 19.2 Å². The molecule has 0 radical (unpaired) electrons. The summed E-state index contributed by atoms with van der Waals surface area (Å²) in [7, 11) is 0. The van der Waals surface area contributed by atoms with E-state index >= 15 is 0 Å². The number of hydrogen-bond acceptors (Lipinski definition) is 7. The smallest absolute Gasteiger partial charge is 0.322 e. The van der Waals surface area contributed by atoms with E-state index in [4.69, 9.17) is 21.2 Å². The zero-order valence-corrected chi connectivity index (χ0v) is 12.5. The number of carbonyl (C=O) groups excluding carboxylic acids is 2. The molecule has 0 aromatic carbocycles. The average molecular weight is 334 g/mol. The van der Waals surface area contributed by atoms with Crippen LogP contribution in [0.25, 0.3) is 0 Å². The van der Waals surface area contributed by atoms with Gasteiger partial charge in [0.1, 0.15) is 18.6 Å². The highest BCUT2D eigenvalue weighted by molar-refractivity contribution is 7.80. The fourth-order valence-electron chi connectivity index (χ4n) is 1.16. The van der Waals surface area contributed by atoms with Gasteiger partial charge in [-0.05, 0) is 6.42 Å². The Bertz CT molecular complexity index is 428. The molecule has 0 fully saturated rings. The third kappa shape index (κ3) is 10.5. The summed E-state index contributed by atoms with van der Waals surface area (Å²) in [6.07, 6.45) is -0.235. The van der Waals surface area contributed by atoms with Gasteiger partial charge in [0.05, 0.1) is 0 Å². The average Bonchev–Trinajstić information content (AvgIpc) is 2.49. The summed E-state index contributed by atoms with van der Waals surface area (Å²) in [6, 6.07) is -2.15. The molecular formula is C11H18N4O6S. The molecule has 10 nitrogen and oxygen atoms in total. The van der Waals surface area contributed by atoms with Crippen LogP contribution in [0.15, 0.2) is 0 Å². The summed E-state index contributed by atoms with van der Waals surface area (Å²) in [5.74, 6) is -3.70. The number of rotatable bonds is 9. The Kier molecular flexibility index (Phi) is 12.4. The number of thiol groups is 1. The Morgan fingerprint density at radius 3 is 2.18 bits per heavy atom. The highest BCUT2D eigenvalue weighted by Gasteiger charge is 2.20. The lowest BCUT2D eigenvalue weighted by molar-refractivity contribution is -0.139. The number of aliphatic carboxylic acids is 2. The van der Waals surface area contributed by atoms with Crippen LogP contribution in [0.5, 0.6) is 0 Å². The van der Waals surface area contributed by atoms with Gasteiger partial charge in [-0.1, -0.05) is 0 Å². The van der Waals surface area contributed by atoms with Gasteiger partial charge in [-0.15, -0.1) is 0 Å². The maximum absolute atomic E-state index is 11.5. The van der Waals surface area contributed by atoms with Crippen molar-refractivity contribution in [2.45, 2.75) is 24.9 Å². The van der Waals surface area contributed by atoms with Crippen molar-refractivity contribution in [1.82, 2.24) is 10.6 Å². The zero-order valence-electron chi connectivity index (χ0n) is 11.6. The fraction of sp³-hybridized carbons (Fsp3) is 0.545. The van der Waals surface area contributed by atoms with Gasteiger partial charge in [-0.2, -0.15) is 12.6 Å². The van der Waals surface area contributed by atoms with E-state index in [1.54, 1.807) is 0 Å². The van der Waals surface area contributed by atoms with Crippen LogP contribution < -0.4 is 16.4 Å². The van der Waals surface area contributed by atoms with Crippen molar-refractivity contribution in [2.75, 3.05) is 12.3 Å². The second kappa shape index (κ2) is 12.4. The van der Waals surface area contributed by atoms with Crippen LogP contribution in [0.4, 0.5) is 0 Å². The molecule has 2 atom stereocenters. The molecule has 0 aromatic heterocycles. The number of nitrogens with one attached hydrogen (secondary N) is 2. The van der Waals surface area contributed by atoms with Crippen molar-refractivity contribution in [3.63, 3.8) is 0 Å². The van der Waals surface area contributed by atoms with E-state index in [2.05, 4.69) is 29.8 Å². The maximum atomic E-state index is 11.5. The Labute approximate surface area is 132 Å². The number of carboxylic acids is 2. The molecule has 0 spiro atoms. The summed E-state index contributed by atoms with van der Waals surface area (Å²) in [5, 5.41) is 27.9. The van der Waals surface area contributed by atoms with Crippen molar-refractivity contribution in [2.24, 2.45) is 5.73 Å². The monoisotopic (exact) mass is 334 g/mol. The third-order valence-corrected chi connectivity index (χ3v) is 2.61. The minimum atomic E-state index is -1.22. The minimum Gasteiger partial charge on any atom is -0.480 e. The number of nitriles is 1. The molecule has 0 aliphatic rings. The van der Waals surface area contributed by atoms with Crippen molar-refractivity contribution in [3.05, 3.63) is 0 Å². The summed E-state index contributed by atoms with van der Waals surface area (Å²) in [6.45, 7) is 2.93. The van der Waals surface area contributed by atoms with Gasteiger partial charge in [0.15, 0.2) is 0 Å². The SMILES string of the molecule is C#N.NC(CCC(=O)NC(CS)C(=O)NCC(=O)O)C(=O)O. The molecule has 0 bridgehead atoms. The molecule has 2 amide bonds. The number of nitrogens with two attached hydrogens (primary N) is 1. The number of carboxylic acid groups (broad SMARTS) is 2. The first kappa shape index (κ1) is 22.0. The Morgan fingerprint density at radius 2 is 1.77 bits per heavy atom. The lowest BCUT2D eigenvalue weighted by atomic mass is 10.1. The van der Waals surface area contributed by atoms with Crippen molar-refractivity contribution in [3.8, 4) is 6.57 Å². The number of hydrogen-bond donors (Lipinski definition) is 6. The first-order chi connectivity index (χ1) is 10.3. The van der Waals surface area contributed by atoms with Crippen LogP contribution >= 0.6 is 12.6 Å². The minimum absolute atomic E-state index is 0.0256. The predicted octanol–water partition coefficient (Wildman–Crippen LogP) is -2.07. The van der Waals surface area contributed by atoms with E-state index in [1.807, 2.05) is 0 Å². The summed E-state index contributed by atoms with van der Waals surface area (Å²) in [4.78, 5) is 43.7. The van der Waals surface area contributed by atoms with Gasteiger partial charge in [-0.3, -0.25) is 19.2 Å². The van der Waals surface area contributed by atoms with Gasteiger partial charge in [0, 0.05) is 18.7 Å². The Hall–Kier alpha value is -2.32. The third-order valence-electron chi connectivity index (χ3n) is 2.25. The number of amides is 2. The molecule has 0 aliphatic carbocycles. The molecule has 2 unspecified atom stereocenters. The van der Waals surface area contributed by atoms with E-state index in [-0.39, 0.29) is 18.6 Å². The largest absolute Gasteiger partial charge is 0.480 e. The van der Waals surface area contributed by atoms with Crippen LogP contribution in [0, 0.1) is 11.8 Å². The van der Waals surface area contributed by atoms with Gasteiger partial charge in [0.25, 0.3) is 0 Å². The Morgan fingerprint density at radius 1 is 1.23 bits per heavy atom. The van der Waals surface area contributed by atoms with E-state index in [0.29, 0.717) is 0 Å². The molecule has 0 aromatic rings. The fourth-order valence-corrected chi connectivity index (χ4v) is 1.41. The van der Waals surface area contributed by atoms with E-state index in [1.165, 1.54) is 0 Å². The molecular weight excluding hydrogens is 316 g/mol. The molecule has 0 saturated carbocycles. The van der Waals surface area contributed by atoms with Gasteiger partial charge >= 0.3 is 11.9 Å². The maximum Gasteiger partial charge on any atom is 0.322 e. The second-order valence-corrected chi connectivity index (χ2v) is 4.26. The van der Waals surface area contributed by atoms with Crippen molar-refractivity contribution < 1.29 is 29.4 Å². The normalized spacial score (nSPS) is 12.0. The van der Waals surface area contributed by atoms with Crippen molar-refractivity contribution >= 4 is 36.4 Å². The molecule has 22 heavy (non-hydrogen) atoms. The Balaban J connectivity index is 0. The van der Waals surface area contributed by atoms with Gasteiger partial charge in [0.2, 0.25) is 11.8 Å². The number of carbonyl (C=O) groups is 4. The molecule has 124 valence electrons. The number of nitrogens with zero attached hydrogens (tertiary/aromatic N) is 1. The molecule has 11 heteroatoms. The zero-order chi connectivity index (χ0) is 17.7. The van der Waals surface area contributed by atoms with Crippen LogP contribution in [0.1, 0.15) is 12.8 Å². The second-order valence-electron chi connectivity index (χ2n) is 3.90. The first-order valence-corrected chi connectivity index (χ1v) is 6.55. The highest BCUT2D eigenvalue weighted by atomic mass is 32.1. The molecule has 0 rings (SSSR count). The summed E-state index contributed by atoms with van der Waals surface area (Å²) in [5.41, 5.74) is 5.23. The predicted molar refractivity (Wildman–Crippen MR) is 77.9 cm³/mol. The van der Waals surface area contributed by atoms with Crippen LogP contribution in [-0.4, -0.2) is 58.3 Å². The lowest BCUT2D eigenvalue weighted by Crippen LogP contribution is -2.49. The molecule has 0 aliphatic heterocycles. The van der Waals surface area contributed by atoms with Crippen LogP contribution in [0.2, 0.25) is 0 Å². The molecule has 0 saturated heterocycles. The first-order valence-electron chi connectivity index (χ1n) is 5.91. The van der Waals surface area contributed by atoms with Crippen molar-refractivity contribution in [1.29, 1.82) is 5.26 Å². The van der Waals surface area contributed by atoms with E-state index in [0.717, 1.165) is 0 Å². The summed E-state index contributed by atoms with van der Waals surface area (Å²) < 4.78 is 0. The van der Waals surface area contributed by atoms with E-state index < -0.39 is 42.4 Å². The molecule has 6 N–H and O–H groups in total. The highest BCUT2D eigenvalue weighted by Crippen LogP contribution is 1.97.